The highest BCUT2D eigenvalue weighted by Gasteiger charge is 2.31. The number of ether oxygens (including phenoxy) is 2. The summed E-state index contributed by atoms with van der Waals surface area (Å²) in [5, 5.41) is 8.40. The molecule has 2 aromatic carbocycles. The molecule has 0 unspecified atom stereocenters. The summed E-state index contributed by atoms with van der Waals surface area (Å²) >= 11 is 3.08. The number of aryl methyl sites for hydroxylation is 1. The van der Waals surface area contributed by atoms with Crippen LogP contribution in [0.4, 0.5) is 5.82 Å². The largest absolute Gasteiger partial charge is 0.493 e. The fourth-order valence-electron chi connectivity index (χ4n) is 3.82. The van der Waals surface area contributed by atoms with Crippen molar-refractivity contribution in [3.8, 4) is 29.0 Å². The molecular formula is C24H20N4O3S2. The Balaban J connectivity index is 1.61. The lowest BCUT2D eigenvalue weighted by molar-refractivity contribution is -0.113. The van der Waals surface area contributed by atoms with Crippen molar-refractivity contribution in [2.24, 2.45) is 0 Å². The van der Waals surface area contributed by atoms with Crippen molar-refractivity contribution >= 4 is 45.0 Å². The predicted octanol–water partition coefficient (Wildman–Crippen LogP) is 4.59. The van der Waals surface area contributed by atoms with E-state index in [2.05, 4.69) is 11.2 Å². The Morgan fingerprint density at radius 2 is 2.12 bits per heavy atom. The first-order valence-electron chi connectivity index (χ1n) is 10.2. The zero-order chi connectivity index (χ0) is 22.9. The number of rotatable bonds is 5. The summed E-state index contributed by atoms with van der Waals surface area (Å²) in [4.78, 5) is 17.4. The van der Waals surface area contributed by atoms with Crippen molar-refractivity contribution in [3.05, 3.63) is 59.3 Å². The van der Waals surface area contributed by atoms with Crippen LogP contribution < -0.4 is 14.8 Å². The first kappa shape index (κ1) is 21.4. The highest BCUT2D eigenvalue weighted by Crippen LogP contribution is 2.46. The number of aromatic nitrogens is 3. The number of nitrogens with one attached hydrogen (secondary N) is 1. The molecule has 1 atom stereocenters. The van der Waals surface area contributed by atoms with Crippen LogP contribution in [0.15, 0.2) is 42.5 Å². The number of para-hydroxylation sites is 1. The number of methoxy groups -OCH3 is 1. The Hall–Kier alpha value is -3.48. The number of fused-ring (bicyclic) bond motifs is 2. The van der Waals surface area contributed by atoms with Gasteiger partial charge in [-0.2, -0.15) is 9.78 Å². The van der Waals surface area contributed by atoms with Gasteiger partial charge in [0, 0.05) is 5.56 Å². The van der Waals surface area contributed by atoms with Gasteiger partial charge < -0.3 is 14.8 Å². The maximum Gasteiger partial charge on any atom is 0.235 e. The number of terminal acetylenes is 1. The highest BCUT2D eigenvalue weighted by atomic mass is 32.2. The zero-order valence-corrected chi connectivity index (χ0v) is 19.6. The summed E-state index contributed by atoms with van der Waals surface area (Å²) in [6, 6.07) is 13.7. The molecular weight excluding hydrogens is 456 g/mol. The maximum atomic E-state index is 12.6. The van der Waals surface area contributed by atoms with Gasteiger partial charge in [0.1, 0.15) is 12.4 Å². The van der Waals surface area contributed by atoms with Gasteiger partial charge >= 0.3 is 0 Å². The van der Waals surface area contributed by atoms with E-state index in [4.69, 9.17) is 26.0 Å². The quantitative estimate of drug-likeness (QED) is 0.425. The third-order valence-electron chi connectivity index (χ3n) is 5.27. The molecule has 0 spiro atoms. The van der Waals surface area contributed by atoms with E-state index in [0.29, 0.717) is 28.2 Å². The van der Waals surface area contributed by atoms with Crippen LogP contribution in [0.5, 0.6) is 11.5 Å². The van der Waals surface area contributed by atoms with Gasteiger partial charge in [0.05, 0.1) is 34.0 Å². The van der Waals surface area contributed by atoms with E-state index in [1.165, 1.54) is 11.3 Å². The smallest absolute Gasteiger partial charge is 0.235 e. The normalized spacial score (nSPS) is 15.4. The van der Waals surface area contributed by atoms with Crippen molar-refractivity contribution in [1.29, 1.82) is 0 Å². The van der Waals surface area contributed by atoms with E-state index in [1.54, 1.807) is 23.6 Å². The van der Waals surface area contributed by atoms with Gasteiger partial charge in [-0.05, 0) is 36.8 Å². The van der Waals surface area contributed by atoms with Gasteiger partial charge in [-0.15, -0.1) is 18.2 Å². The third-order valence-corrected chi connectivity index (χ3v) is 7.56. The number of hydrogen-bond acceptors (Lipinski definition) is 7. The molecule has 7 nitrogen and oxygen atoms in total. The Morgan fingerprint density at radius 1 is 1.27 bits per heavy atom. The molecule has 0 bridgehead atoms. The van der Waals surface area contributed by atoms with E-state index in [0.717, 1.165) is 27.0 Å². The Bertz CT molecular complexity index is 1370. The molecule has 1 aliphatic heterocycles. The van der Waals surface area contributed by atoms with Gasteiger partial charge in [0.2, 0.25) is 11.0 Å². The molecule has 3 heterocycles. The number of carbonyl (C=O) groups is 1. The summed E-state index contributed by atoms with van der Waals surface area (Å²) in [6.45, 7) is 2.11. The van der Waals surface area contributed by atoms with Gasteiger partial charge in [0.25, 0.3) is 0 Å². The number of hydrogen-bond donors (Lipinski definition) is 1. The number of carbonyl (C=O) groups excluding carboxylic acids is 1. The Labute approximate surface area is 199 Å². The Kier molecular flexibility index (Phi) is 5.70. The van der Waals surface area contributed by atoms with Crippen LogP contribution in [-0.2, 0) is 4.79 Å². The highest BCUT2D eigenvalue weighted by molar-refractivity contribution is 8.00. The van der Waals surface area contributed by atoms with Gasteiger partial charge in [-0.3, -0.25) is 4.79 Å². The minimum Gasteiger partial charge on any atom is -0.493 e. The molecule has 0 radical (unpaired) electrons. The van der Waals surface area contributed by atoms with Crippen LogP contribution in [0.25, 0.3) is 15.3 Å². The van der Waals surface area contributed by atoms with E-state index in [-0.39, 0.29) is 17.8 Å². The summed E-state index contributed by atoms with van der Waals surface area (Å²) < 4.78 is 13.9. The van der Waals surface area contributed by atoms with E-state index in [1.807, 2.05) is 49.4 Å². The molecule has 5 rings (SSSR count). The molecule has 4 aromatic rings. The molecule has 0 saturated carbocycles. The first-order valence-corrected chi connectivity index (χ1v) is 12.1. The van der Waals surface area contributed by atoms with Gasteiger partial charge in [-0.25, -0.2) is 4.98 Å². The molecule has 1 N–H and O–H groups in total. The van der Waals surface area contributed by atoms with Crippen molar-refractivity contribution < 1.29 is 14.3 Å². The number of anilines is 1. The van der Waals surface area contributed by atoms with Crippen LogP contribution >= 0.6 is 23.1 Å². The van der Waals surface area contributed by atoms with Crippen molar-refractivity contribution in [2.45, 2.75) is 12.2 Å². The second-order valence-corrected chi connectivity index (χ2v) is 9.47. The van der Waals surface area contributed by atoms with E-state index in [9.17, 15) is 4.79 Å². The molecule has 9 heteroatoms. The van der Waals surface area contributed by atoms with Crippen LogP contribution in [0.2, 0.25) is 0 Å². The van der Waals surface area contributed by atoms with Crippen molar-refractivity contribution in [3.63, 3.8) is 0 Å². The average molecular weight is 477 g/mol. The molecule has 1 amide bonds. The molecule has 0 saturated heterocycles. The van der Waals surface area contributed by atoms with Gasteiger partial charge in [-0.1, -0.05) is 35.5 Å². The number of thioether (sulfide) groups is 1. The topological polar surface area (TPSA) is 78.3 Å². The fraction of sp³-hybridized carbons (Fsp3) is 0.208. The molecule has 166 valence electrons. The molecule has 0 aliphatic carbocycles. The number of amides is 1. The second kappa shape index (κ2) is 8.81. The van der Waals surface area contributed by atoms with Crippen LogP contribution in [0, 0.1) is 19.3 Å². The number of benzene rings is 2. The lowest BCUT2D eigenvalue weighted by Crippen LogP contribution is -2.15. The van der Waals surface area contributed by atoms with E-state index < -0.39 is 0 Å². The second-order valence-electron chi connectivity index (χ2n) is 7.37. The van der Waals surface area contributed by atoms with Crippen LogP contribution in [-0.4, -0.2) is 40.1 Å². The predicted molar refractivity (Wildman–Crippen MR) is 132 cm³/mol. The summed E-state index contributed by atoms with van der Waals surface area (Å²) in [6.07, 6.45) is 5.32. The lowest BCUT2D eigenvalue weighted by atomic mass is 10.0. The fourth-order valence-corrected chi connectivity index (χ4v) is 5.92. The standard InChI is InChI=1S/C24H20N4O3S2/c1-4-11-31-17-10-9-15(12-18(17)30-3)22-21-14(2)27-28(23(21)26-20(29)13-32-22)24-25-16-7-5-6-8-19(16)33-24/h1,5-10,12,22H,11,13H2,2-3H3,(H,26,29)/t22-/m1/s1. The van der Waals surface area contributed by atoms with Crippen LogP contribution in [0.3, 0.4) is 0 Å². The minimum absolute atomic E-state index is 0.0769. The number of thiazole rings is 1. The Morgan fingerprint density at radius 3 is 2.91 bits per heavy atom. The van der Waals surface area contributed by atoms with Crippen molar-refractivity contribution in [1.82, 2.24) is 14.8 Å². The molecule has 2 aromatic heterocycles. The minimum atomic E-state index is -0.127. The van der Waals surface area contributed by atoms with E-state index >= 15 is 0 Å². The monoisotopic (exact) mass is 476 g/mol. The van der Waals surface area contributed by atoms with Crippen molar-refractivity contribution in [2.75, 3.05) is 24.8 Å². The van der Waals surface area contributed by atoms with Crippen LogP contribution in [0.1, 0.15) is 22.1 Å². The molecule has 33 heavy (non-hydrogen) atoms. The van der Waals surface area contributed by atoms with Gasteiger partial charge in [0.15, 0.2) is 11.5 Å². The summed E-state index contributed by atoms with van der Waals surface area (Å²) in [5.41, 5.74) is 3.66. The zero-order valence-electron chi connectivity index (χ0n) is 18.0. The summed E-state index contributed by atoms with van der Waals surface area (Å²) in [5.74, 6) is 4.52. The SMILES string of the molecule is C#CCOc1ccc([C@H]2SCC(=O)Nc3c2c(C)nn3-c2nc3ccccc3s2)cc1OC. The first-order chi connectivity index (χ1) is 16.1. The summed E-state index contributed by atoms with van der Waals surface area (Å²) in [7, 11) is 1.59. The lowest BCUT2D eigenvalue weighted by Gasteiger charge is -2.17. The average Bonchev–Trinajstić information content (AvgIpc) is 3.34. The molecule has 0 fully saturated rings. The maximum absolute atomic E-state index is 12.6. The number of nitrogens with zero attached hydrogens (tertiary/aromatic N) is 3. The molecule has 1 aliphatic rings. The third kappa shape index (κ3) is 3.92.